The molecular weight excluding hydrogens is 240 g/mol. The molecule has 0 fully saturated rings. The highest BCUT2D eigenvalue weighted by molar-refractivity contribution is 5.78. The minimum absolute atomic E-state index is 0.00711. The molecule has 1 aromatic carbocycles. The van der Waals surface area contributed by atoms with E-state index in [1.807, 2.05) is 52.1 Å². The van der Waals surface area contributed by atoms with Crippen LogP contribution in [0.1, 0.15) is 19.4 Å². The maximum Gasteiger partial charge on any atom is 0.224 e. The Morgan fingerprint density at radius 3 is 2.74 bits per heavy atom. The molecule has 19 heavy (non-hydrogen) atoms. The molecule has 0 aliphatic carbocycles. The summed E-state index contributed by atoms with van der Waals surface area (Å²) in [6.45, 7) is 7.02. The molecule has 4 nitrogen and oxygen atoms in total. The van der Waals surface area contributed by atoms with Gasteiger partial charge >= 0.3 is 0 Å². The first-order valence-electron chi connectivity index (χ1n) is 6.67. The van der Waals surface area contributed by atoms with Gasteiger partial charge in [-0.3, -0.25) is 4.79 Å². The summed E-state index contributed by atoms with van der Waals surface area (Å²) in [6, 6.07) is 7.89. The summed E-state index contributed by atoms with van der Waals surface area (Å²) in [5.41, 5.74) is 1.16. The van der Waals surface area contributed by atoms with Crippen LogP contribution in [0.15, 0.2) is 24.3 Å². The van der Waals surface area contributed by atoms with Crippen LogP contribution in [0.5, 0.6) is 5.75 Å². The largest absolute Gasteiger partial charge is 0.491 e. The van der Waals surface area contributed by atoms with E-state index in [2.05, 4.69) is 10.6 Å². The zero-order valence-corrected chi connectivity index (χ0v) is 12.2. The molecule has 0 saturated heterocycles. The smallest absolute Gasteiger partial charge is 0.224 e. The number of rotatable bonds is 7. The van der Waals surface area contributed by atoms with Crippen molar-refractivity contribution in [2.24, 2.45) is 5.92 Å². The fraction of sp³-hybridized carbons (Fsp3) is 0.533. The van der Waals surface area contributed by atoms with Gasteiger partial charge in [-0.15, -0.1) is 0 Å². The topological polar surface area (TPSA) is 50.4 Å². The van der Waals surface area contributed by atoms with Crippen LogP contribution < -0.4 is 15.4 Å². The van der Waals surface area contributed by atoms with Gasteiger partial charge in [-0.1, -0.05) is 19.1 Å². The first-order valence-corrected chi connectivity index (χ1v) is 6.67. The van der Waals surface area contributed by atoms with Crippen molar-refractivity contribution < 1.29 is 9.53 Å². The summed E-state index contributed by atoms with van der Waals surface area (Å²) in [5, 5.41) is 5.94. The molecule has 0 saturated carbocycles. The lowest BCUT2D eigenvalue weighted by molar-refractivity contribution is -0.125. The molecule has 0 aliphatic heterocycles. The maximum atomic E-state index is 11.8. The quantitative estimate of drug-likeness (QED) is 0.788. The van der Waals surface area contributed by atoms with Gasteiger partial charge in [-0.05, 0) is 38.6 Å². The van der Waals surface area contributed by atoms with Crippen molar-refractivity contribution in [3.63, 3.8) is 0 Å². The Balaban J connectivity index is 2.35. The van der Waals surface area contributed by atoms with Crippen LogP contribution >= 0.6 is 0 Å². The third-order valence-corrected chi connectivity index (χ3v) is 2.84. The van der Waals surface area contributed by atoms with Gasteiger partial charge in [0.15, 0.2) is 0 Å². The van der Waals surface area contributed by atoms with Crippen molar-refractivity contribution in [2.75, 3.05) is 20.2 Å². The van der Waals surface area contributed by atoms with Gasteiger partial charge in [0.2, 0.25) is 5.91 Å². The van der Waals surface area contributed by atoms with E-state index in [1.165, 1.54) is 0 Å². The second-order valence-electron chi connectivity index (χ2n) is 5.00. The normalized spacial score (nSPS) is 13.7. The Bertz CT molecular complexity index is 407. The molecule has 0 spiro atoms. The molecule has 2 unspecified atom stereocenters. The number of carbonyl (C=O) groups is 1. The number of aryl methyl sites for hydroxylation is 1. The van der Waals surface area contributed by atoms with E-state index in [0.717, 1.165) is 11.3 Å². The highest BCUT2D eigenvalue weighted by atomic mass is 16.5. The number of ether oxygens (including phenoxy) is 1. The Morgan fingerprint density at radius 1 is 1.37 bits per heavy atom. The molecule has 2 atom stereocenters. The zero-order chi connectivity index (χ0) is 14.3. The van der Waals surface area contributed by atoms with Gasteiger partial charge in [-0.25, -0.2) is 0 Å². The van der Waals surface area contributed by atoms with Crippen molar-refractivity contribution in [3.05, 3.63) is 29.8 Å². The second kappa shape index (κ2) is 7.79. The Kier molecular flexibility index (Phi) is 6.36. The summed E-state index contributed by atoms with van der Waals surface area (Å²) in [5.74, 6) is 0.852. The molecule has 0 aromatic heterocycles. The van der Waals surface area contributed by atoms with E-state index in [1.54, 1.807) is 0 Å². The first kappa shape index (κ1) is 15.5. The summed E-state index contributed by atoms with van der Waals surface area (Å²) >= 11 is 0. The standard InChI is InChI=1S/C15H24N2O2/c1-11-6-5-7-14(8-11)19-10-13(3)17-15(18)12(2)9-16-4/h5-8,12-13,16H,9-10H2,1-4H3,(H,17,18). The van der Waals surface area contributed by atoms with Crippen LogP contribution in [0.3, 0.4) is 0 Å². The molecule has 1 rings (SSSR count). The van der Waals surface area contributed by atoms with E-state index >= 15 is 0 Å². The third kappa shape index (κ3) is 5.75. The van der Waals surface area contributed by atoms with E-state index < -0.39 is 0 Å². The van der Waals surface area contributed by atoms with Gasteiger partial charge in [0, 0.05) is 12.5 Å². The lowest BCUT2D eigenvalue weighted by Crippen LogP contribution is -2.41. The van der Waals surface area contributed by atoms with Crippen LogP contribution in [-0.4, -0.2) is 32.1 Å². The van der Waals surface area contributed by atoms with E-state index in [-0.39, 0.29) is 17.9 Å². The van der Waals surface area contributed by atoms with Crippen molar-refractivity contribution in [3.8, 4) is 5.75 Å². The number of carbonyl (C=O) groups excluding carboxylic acids is 1. The fourth-order valence-electron chi connectivity index (χ4n) is 1.75. The van der Waals surface area contributed by atoms with Gasteiger partial charge < -0.3 is 15.4 Å². The number of nitrogens with one attached hydrogen (secondary N) is 2. The molecule has 1 aromatic rings. The molecule has 1 amide bonds. The monoisotopic (exact) mass is 264 g/mol. The minimum Gasteiger partial charge on any atom is -0.491 e. The Hall–Kier alpha value is -1.55. The third-order valence-electron chi connectivity index (χ3n) is 2.84. The number of benzene rings is 1. The van der Waals surface area contributed by atoms with Crippen LogP contribution in [0.2, 0.25) is 0 Å². The minimum atomic E-state index is -0.0357. The van der Waals surface area contributed by atoms with E-state index in [4.69, 9.17) is 4.74 Å². The molecule has 4 heteroatoms. The Labute approximate surface area is 115 Å². The van der Waals surface area contributed by atoms with Gasteiger partial charge in [0.05, 0.1) is 6.04 Å². The summed E-state index contributed by atoms with van der Waals surface area (Å²) in [4.78, 5) is 11.8. The van der Waals surface area contributed by atoms with Crippen molar-refractivity contribution in [1.82, 2.24) is 10.6 Å². The highest BCUT2D eigenvalue weighted by Crippen LogP contribution is 2.12. The maximum absolute atomic E-state index is 11.8. The second-order valence-corrected chi connectivity index (χ2v) is 5.00. The van der Waals surface area contributed by atoms with Gasteiger partial charge in [0.25, 0.3) is 0 Å². The summed E-state index contributed by atoms with van der Waals surface area (Å²) < 4.78 is 5.66. The highest BCUT2D eigenvalue weighted by Gasteiger charge is 2.14. The molecule has 0 aliphatic rings. The molecule has 2 N–H and O–H groups in total. The molecule has 0 heterocycles. The lowest BCUT2D eigenvalue weighted by atomic mass is 10.1. The van der Waals surface area contributed by atoms with Crippen LogP contribution in [0.4, 0.5) is 0 Å². The predicted octanol–water partition coefficient (Wildman–Crippen LogP) is 1.73. The number of amides is 1. The molecule has 106 valence electrons. The predicted molar refractivity (Wildman–Crippen MR) is 77.4 cm³/mol. The lowest BCUT2D eigenvalue weighted by Gasteiger charge is -2.18. The average Bonchev–Trinajstić information content (AvgIpc) is 2.36. The zero-order valence-electron chi connectivity index (χ0n) is 12.2. The van der Waals surface area contributed by atoms with E-state index in [9.17, 15) is 4.79 Å². The molecule has 0 radical (unpaired) electrons. The molecule has 0 bridgehead atoms. The van der Waals surface area contributed by atoms with Crippen molar-refractivity contribution >= 4 is 5.91 Å². The summed E-state index contributed by atoms with van der Waals surface area (Å²) in [7, 11) is 1.84. The molecular formula is C15H24N2O2. The van der Waals surface area contributed by atoms with E-state index in [0.29, 0.717) is 13.2 Å². The van der Waals surface area contributed by atoms with Crippen LogP contribution in [0, 0.1) is 12.8 Å². The summed E-state index contributed by atoms with van der Waals surface area (Å²) in [6.07, 6.45) is 0. The van der Waals surface area contributed by atoms with Gasteiger partial charge in [-0.2, -0.15) is 0 Å². The fourth-order valence-corrected chi connectivity index (χ4v) is 1.75. The number of hydrogen-bond donors (Lipinski definition) is 2. The van der Waals surface area contributed by atoms with Crippen molar-refractivity contribution in [2.45, 2.75) is 26.8 Å². The van der Waals surface area contributed by atoms with Crippen LogP contribution in [-0.2, 0) is 4.79 Å². The van der Waals surface area contributed by atoms with Crippen LogP contribution in [0.25, 0.3) is 0 Å². The van der Waals surface area contributed by atoms with Gasteiger partial charge in [0.1, 0.15) is 12.4 Å². The average molecular weight is 264 g/mol. The first-order chi connectivity index (χ1) is 9.02. The number of hydrogen-bond acceptors (Lipinski definition) is 3. The SMILES string of the molecule is CNCC(C)C(=O)NC(C)COc1cccc(C)c1. The Morgan fingerprint density at radius 2 is 2.11 bits per heavy atom. The van der Waals surface area contributed by atoms with Crippen molar-refractivity contribution in [1.29, 1.82) is 0 Å².